The summed E-state index contributed by atoms with van der Waals surface area (Å²) in [5.74, 6) is 0. The van der Waals surface area contributed by atoms with Crippen LogP contribution in [0.5, 0.6) is 0 Å². The van der Waals surface area contributed by atoms with Gasteiger partial charge in [0.1, 0.15) is 0 Å². The molecule has 1 rings (SSSR count). The summed E-state index contributed by atoms with van der Waals surface area (Å²) in [6, 6.07) is 8.05. The Balaban J connectivity index is 2.68. The van der Waals surface area contributed by atoms with Crippen molar-refractivity contribution in [1.82, 2.24) is 0 Å². The summed E-state index contributed by atoms with van der Waals surface area (Å²) in [4.78, 5) is 0.988. The van der Waals surface area contributed by atoms with Crippen LogP contribution in [0.25, 0.3) is 0 Å². The first-order valence-electron chi connectivity index (χ1n) is 4.14. The maximum Gasteiger partial charge on any atom is 0.0796 e. The summed E-state index contributed by atoms with van der Waals surface area (Å²) in [5, 5.41) is 0. The van der Waals surface area contributed by atoms with Crippen LogP contribution in [0.2, 0.25) is 0 Å². The van der Waals surface area contributed by atoms with E-state index in [-0.39, 0.29) is 6.10 Å². The molecule has 1 unspecified atom stereocenters. The minimum Gasteiger partial charge on any atom is -0.374 e. The second kappa shape index (κ2) is 4.53. The number of hydrogen-bond donors (Lipinski definition) is 1. The number of thiol groups is 1. The number of benzene rings is 1. The number of rotatable bonds is 3. The lowest BCUT2D eigenvalue weighted by molar-refractivity contribution is 0.0764. The van der Waals surface area contributed by atoms with Crippen LogP contribution in [0, 0.1) is 0 Å². The van der Waals surface area contributed by atoms with E-state index in [0.29, 0.717) is 0 Å². The number of hydrogen-bond acceptors (Lipinski definition) is 2. The van der Waals surface area contributed by atoms with E-state index in [0.717, 1.165) is 11.5 Å². The van der Waals surface area contributed by atoms with Crippen molar-refractivity contribution in [2.45, 2.75) is 24.8 Å². The smallest absolute Gasteiger partial charge is 0.0796 e. The minimum absolute atomic E-state index is 0.184. The second-order valence-corrected chi connectivity index (χ2v) is 3.21. The fourth-order valence-corrected chi connectivity index (χ4v) is 1.24. The molecular formula is C10H14OS. The monoisotopic (exact) mass is 182 g/mol. The van der Waals surface area contributed by atoms with Crippen LogP contribution in [0.15, 0.2) is 29.2 Å². The van der Waals surface area contributed by atoms with Crippen molar-refractivity contribution < 1.29 is 4.74 Å². The molecule has 12 heavy (non-hydrogen) atoms. The molecule has 1 aromatic rings. The van der Waals surface area contributed by atoms with Crippen LogP contribution < -0.4 is 0 Å². The Morgan fingerprint density at radius 2 is 1.92 bits per heavy atom. The predicted molar refractivity (Wildman–Crippen MR) is 53.7 cm³/mol. The van der Waals surface area contributed by atoms with Gasteiger partial charge in [-0.05, 0) is 31.5 Å². The molecule has 1 aromatic carbocycles. The van der Waals surface area contributed by atoms with Crippen LogP contribution in [0.3, 0.4) is 0 Å². The largest absolute Gasteiger partial charge is 0.374 e. The van der Waals surface area contributed by atoms with Gasteiger partial charge in [0.2, 0.25) is 0 Å². The highest BCUT2D eigenvalue weighted by Gasteiger charge is 2.02. The van der Waals surface area contributed by atoms with Crippen LogP contribution >= 0.6 is 12.6 Å². The molecule has 2 heteroatoms. The molecule has 0 aromatic heterocycles. The summed E-state index contributed by atoms with van der Waals surface area (Å²) in [5.41, 5.74) is 1.20. The molecule has 0 radical (unpaired) electrons. The summed E-state index contributed by atoms with van der Waals surface area (Å²) in [7, 11) is 0. The fourth-order valence-electron chi connectivity index (χ4n) is 1.09. The van der Waals surface area contributed by atoms with Gasteiger partial charge in [0, 0.05) is 11.5 Å². The summed E-state index contributed by atoms with van der Waals surface area (Å²) in [6.45, 7) is 4.81. The molecule has 0 saturated heterocycles. The number of ether oxygens (including phenoxy) is 1. The highest BCUT2D eigenvalue weighted by molar-refractivity contribution is 7.80. The van der Waals surface area contributed by atoms with Gasteiger partial charge in [-0.1, -0.05) is 12.1 Å². The van der Waals surface area contributed by atoms with Gasteiger partial charge in [0.05, 0.1) is 6.10 Å². The van der Waals surface area contributed by atoms with Crippen LogP contribution in [0.4, 0.5) is 0 Å². The Morgan fingerprint density at radius 1 is 1.33 bits per heavy atom. The lowest BCUT2D eigenvalue weighted by Gasteiger charge is -2.11. The average Bonchev–Trinajstić information content (AvgIpc) is 2.06. The fraction of sp³-hybridized carbons (Fsp3) is 0.400. The van der Waals surface area contributed by atoms with E-state index in [4.69, 9.17) is 4.74 Å². The van der Waals surface area contributed by atoms with Gasteiger partial charge >= 0.3 is 0 Å². The van der Waals surface area contributed by atoms with Crippen LogP contribution in [-0.4, -0.2) is 6.61 Å². The zero-order valence-corrected chi connectivity index (χ0v) is 8.34. The van der Waals surface area contributed by atoms with Gasteiger partial charge in [-0.15, -0.1) is 12.6 Å². The van der Waals surface area contributed by atoms with Gasteiger partial charge < -0.3 is 4.74 Å². The van der Waals surface area contributed by atoms with Crippen molar-refractivity contribution >= 4 is 12.6 Å². The molecule has 0 aliphatic rings. The molecule has 0 saturated carbocycles. The molecule has 0 N–H and O–H groups in total. The van der Waals surface area contributed by atoms with Gasteiger partial charge in [-0.2, -0.15) is 0 Å². The maximum absolute atomic E-state index is 5.44. The second-order valence-electron chi connectivity index (χ2n) is 2.69. The van der Waals surface area contributed by atoms with Gasteiger partial charge in [0.15, 0.2) is 0 Å². The first-order chi connectivity index (χ1) is 5.74. The molecule has 0 aliphatic heterocycles. The molecule has 66 valence electrons. The Morgan fingerprint density at radius 3 is 2.42 bits per heavy atom. The third kappa shape index (κ3) is 2.54. The normalized spacial score (nSPS) is 12.9. The van der Waals surface area contributed by atoms with E-state index in [1.807, 2.05) is 31.2 Å². The van der Waals surface area contributed by atoms with Gasteiger partial charge in [-0.25, -0.2) is 0 Å². The molecule has 0 aliphatic carbocycles. The predicted octanol–water partition coefficient (Wildman–Crippen LogP) is 3.07. The lowest BCUT2D eigenvalue weighted by atomic mass is 10.1. The molecule has 0 spiro atoms. The summed E-state index contributed by atoms with van der Waals surface area (Å²) < 4.78 is 5.44. The Bertz CT molecular complexity index is 230. The third-order valence-corrected chi connectivity index (χ3v) is 2.08. The van der Waals surface area contributed by atoms with Gasteiger partial charge in [0.25, 0.3) is 0 Å². The Labute approximate surface area is 79.2 Å². The van der Waals surface area contributed by atoms with Crippen molar-refractivity contribution in [1.29, 1.82) is 0 Å². The zero-order valence-electron chi connectivity index (χ0n) is 7.45. The molecule has 1 nitrogen and oxygen atoms in total. The van der Waals surface area contributed by atoms with Crippen molar-refractivity contribution in [3.63, 3.8) is 0 Å². The Hall–Kier alpha value is -0.470. The standard InChI is InChI=1S/C10H14OS/c1-3-11-8(2)9-4-6-10(12)7-5-9/h4-8,12H,3H2,1-2H3. The van der Waals surface area contributed by atoms with E-state index in [1.165, 1.54) is 5.56 Å². The molecule has 0 amide bonds. The quantitative estimate of drug-likeness (QED) is 0.707. The van der Waals surface area contributed by atoms with E-state index in [9.17, 15) is 0 Å². The van der Waals surface area contributed by atoms with Gasteiger partial charge in [-0.3, -0.25) is 0 Å². The highest BCUT2D eigenvalue weighted by atomic mass is 32.1. The topological polar surface area (TPSA) is 9.23 Å². The van der Waals surface area contributed by atoms with E-state index < -0.39 is 0 Å². The molecule has 0 fully saturated rings. The minimum atomic E-state index is 0.184. The SMILES string of the molecule is CCOC(C)c1ccc(S)cc1. The Kier molecular flexibility index (Phi) is 3.63. The third-order valence-electron chi connectivity index (χ3n) is 1.78. The zero-order chi connectivity index (χ0) is 8.97. The van der Waals surface area contributed by atoms with Crippen molar-refractivity contribution in [2.75, 3.05) is 6.61 Å². The van der Waals surface area contributed by atoms with E-state index in [1.54, 1.807) is 0 Å². The molecule has 0 bridgehead atoms. The molecular weight excluding hydrogens is 168 g/mol. The van der Waals surface area contributed by atoms with Crippen molar-refractivity contribution in [3.8, 4) is 0 Å². The van der Waals surface area contributed by atoms with Crippen molar-refractivity contribution in [3.05, 3.63) is 29.8 Å². The average molecular weight is 182 g/mol. The summed E-state index contributed by atoms with van der Waals surface area (Å²) >= 11 is 4.21. The summed E-state index contributed by atoms with van der Waals surface area (Å²) in [6.07, 6.45) is 0.184. The first-order valence-corrected chi connectivity index (χ1v) is 4.59. The first kappa shape index (κ1) is 9.62. The van der Waals surface area contributed by atoms with Crippen LogP contribution in [-0.2, 0) is 4.74 Å². The van der Waals surface area contributed by atoms with Crippen molar-refractivity contribution in [2.24, 2.45) is 0 Å². The van der Waals surface area contributed by atoms with E-state index >= 15 is 0 Å². The highest BCUT2D eigenvalue weighted by Crippen LogP contribution is 2.17. The lowest BCUT2D eigenvalue weighted by Crippen LogP contribution is -1.98. The van der Waals surface area contributed by atoms with Crippen LogP contribution in [0.1, 0.15) is 25.5 Å². The van der Waals surface area contributed by atoms with E-state index in [2.05, 4.69) is 19.6 Å². The molecule has 1 atom stereocenters. The maximum atomic E-state index is 5.44. The molecule has 0 heterocycles.